The van der Waals surface area contributed by atoms with Gasteiger partial charge in [-0.3, -0.25) is 4.79 Å². The zero-order valence-corrected chi connectivity index (χ0v) is 10.2. The maximum absolute atomic E-state index is 11.0. The van der Waals surface area contributed by atoms with E-state index in [9.17, 15) is 4.79 Å². The minimum atomic E-state index is -0.227. The second kappa shape index (κ2) is 5.67. The van der Waals surface area contributed by atoms with Gasteiger partial charge in [-0.15, -0.1) is 0 Å². The van der Waals surface area contributed by atoms with Gasteiger partial charge in [0.2, 0.25) is 0 Å². The summed E-state index contributed by atoms with van der Waals surface area (Å²) in [5, 5.41) is 2.81. The molecule has 16 heavy (non-hydrogen) atoms. The Morgan fingerprint density at radius 3 is 2.81 bits per heavy atom. The molecule has 0 bridgehead atoms. The van der Waals surface area contributed by atoms with E-state index in [-0.39, 0.29) is 17.5 Å². The molecule has 0 aliphatic rings. The molecule has 0 aliphatic heterocycles. The van der Waals surface area contributed by atoms with Crippen molar-refractivity contribution in [3.8, 4) is 5.75 Å². The van der Waals surface area contributed by atoms with E-state index in [1.807, 2.05) is 0 Å². The molecule has 0 saturated heterocycles. The van der Waals surface area contributed by atoms with Gasteiger partial charge in [-0.05, 0) is 18.2 Å². The Labute approximate surface area is 104 Å². The van der Waals surface area contributed by atoms with Crippen molar-refractivity contribution in [1.82, 2.24) is 5.32 Å². The maximum atomic E-state index is 11.0. The van der Waals surface area contributed by atoms with Gasteiger partial charge in [0.05, 0.1) is 5.02 Å². The normalized spacial score (nSPS) is 9.62. The number of nitrogens with two attached hydrogens (primary N) is 1. The third-order valence-corrected chi connectivity index (χ3v) is 2.39. The summed E-state index contributed by atoms with van der Waals surface area (Å²) < 4.78 is 5.20. The highest BCUT2D eigenvalue weighted by Crippen LogP contribution is 2.25. The summed E-state index contributed by atoms with van der Waals surface area (Å²) in [4.78, 5) is 11.2. The molecule has 3 N–H and O–H groups in total. The Balaban J connectivity index is 2.75. The molecule has 0 aliphatic carbocycles. The second-order valence-electron chi connectivity index (χ2n) is 2.97. The zero-order chi connectivity index (χ0) is 12.1. The Morgan fingerprint density at radius 1 is 1.62 bits per heavy atom. The Bertz CT molecular complexity index is 423. The Morgan fingerprint density at radius 2 is 2.31 bits per heavy atom. The number of carbonyl (C=O) groups excluding carboxylic acids is 1. The van der Waals surface area contributed by atoms with Crippen LogP contribution in [0.5, 0.6) is 5.75 Å². The number of carbonyl (C=O) groups is 1. The van der Waals surface area contributed by atoms with Gasteiger partial charge >= 0.3 is 0 Å². The molecule has 0 aromatic heterocycles. The van der Waals surface area contributed by atoms with Crippen molar-refractivity contribution >= 4 is 34.7 Å². The Hall–Kier alpha value is -1.33. The molecule has 1 rings (SSSR count). The zero-order valence-electron chi connectivity index (χ0n) is 8.62. The largest absolute Gasteiger partial charge is 0.482 e. The first-order valence-electron chi connectivity index (χ1n) is 4.47. The lowest BCUT2D eigenvalue weighted by Crippen LogP contribution is -2.24. The third kappa shape index (κ3) is 3.36. The maximum Gasteiger partial charge on any atom is 0.257 e. The summed E-state index contributed by atoms with van der Waals surface area (Å²) in [7, 11) is 1.53. The Kier molecular flexibility index (Phi) is 4.52. The van der Waals surface area contributed by atoms with Gasteiger partial charge in [0.15, 0.2) is 6.61 Å². The van der Waals surface area contributed by atoms with E-state index < -0.39 is 0 Å². The second-order valence-corrected chi connectivity index (χ2v) is 3.82. The number of benzene rings is 1. The van der Waals surface area contributed by atoms with Gasteiger partial charge in [0, 0.05) is 12.6 Å². The van der Waals surface area contributed by atoms with Crippen molar-refractivity contribution in [3.05, 3.63) is 28.8 Å². The van der Waals surface area contributed by atoms with Crippen LogP contribution in [0, 0.1) is 0 Å². The van der Waals surface area contributed by atoms with Gasteiger partial charge in [-0.25, -0.2) is 0 Å². The quantitative estimate of drug-likeness (QED) is 0.794. The predicted molar refractivity (Wildman–Crippen MR) is 66.9 cm³/mol. The summed E-state index contributed by atoms with van der Waals surface area (Å²) in [6.07, 6.45) is 0. The summed E-state index contributed by atoms with van der Waals surface area (Å²) in [5.74, 6) is 0.194. The highest BCUT2D eigenvalue weighted by atomic mass is 35.5. The van der Waals surface area contributed by atoms with E-state index in [4.69, 9.17) is 34.3 Å². The predicted octanol–water partition coefficient (Wildman–Crippen LogP) is 1.10. The van der Waals surface area contributed by atoms with Crippen LogP contribution in [0.3, 0.4) is 0 Å². The average Bonchev–Trinajstić information content (AvgIpc) is 2.26. The summed E-state index contributed by atoms with van der Waals surface area (Å²) in [6, 6.07) is 4.91. The van der Waals surface area contributed by atoms with E-state index in [0.29, 0.717) is 16.3 Å². The molecule has 0 fully saturated rings. The standard InChI is InChI=1S/C10H11ClN2O2S/c1-13-9(14)5-15-8-3-2-6(10(12)16)4-7(8)11/h2-4H,5H2,1H3,(H2,12,16)(H,13,14). The van der Waals surface area contributed by atoms with E-state index in [1.54, 1.807) is 18.2 Å². The van der Waals surface area contributed by atoms with E-state index in [2.05, 4.69) is 5.32 Å². The summed E-state index contributed by atoms with van der Waals surface area (Å²) in [5.41, 5.74) is 6.10. The lowest BCUT2D eigenvalue weighted by molar-refractivity contribution is -0.122. The molecule has 0 atom stereocenters. The van der Waals surface area contributed by atoms with Crippen LogP contribution in [-0.4, -0.2) is 24.6 Å². The van der Waals surface area contributed by atoms with Crippen molar-refractivity contribution in [2.75, 3.05) is 13.7 Å². The van der Waals surface area contributed by atoms with Crippen LogP contribution in [0.25, 0.3) is 0 Å². The van der Waals surface area contributed by atoms with Crippen LogP contribution in [0.4, 0.5) is 0 Å². The van der Waals surface area contributed by atoms with Gasteiger partial charge in [-0.2, -0.15) is 0 Å². The van der Waals surface area contributed by atoms with Crippen LogP contribution in [0.15, 0.2) is 18.2 Å². The molecule has 1 aromatic carbocycles. The number of thiocarbonyl (C=S) groups is 1. The molecule has 0 radical (unpaired) electrons. The first-order chi connectivity index (χ1) is 7.54. The van der Waals surface area contributed by atoms with Crippen LogP contribution in [-0.2, 0) is 4.79 Å². The molecule has 1 aromatic rings. The molecule has 86 valence electrons. The number of ether oxygens (including phenoxy) is 1. The first kappa shape index (κ1) is 12.7. The molecule has 0 unspecified atom stereocenters. The molecule has 0 spiro atoms. The van der Waals surface area contributed by atoms with E-state index in [0.717, 1.165) is 0 Å². The molecule has 0 heterocycles. The van der Waals surface area contributed by atoms with Crippen molar-refractivity contribution < 1.29 is 9.53 Å². The summed E-state index contributed by atoms with van der Waals surface area (Å²) in [6.45, 7) is -0.0807. The smallest absolute Gasteiger partial charge is 0.257 e. The number of rotatable bonds is 4. The van der Waals surface area contributed by atoms with Crippen molar-refractivity contribution in [1.29, 1.82) is 0 Å². The van der Waals surface area contributed by atoms with Crippen LogP contribution < -0.4 is 15.8 Å². The first-order valence-corrected chi connectivity index (χ1v) is 5.26. The lowest BCUT2D eigenvalue weighted by Gasteiger charge is -2.08. The van der Waals surface area contributed by atoms with Crippen molar-refractivity contribution in [3.63, 3.8) is 0 Å². The highest BCUT2D eigenvalue weighted by Gasteiger charge is 2.06. The number of nitrogens with one attached hydrogen (secondary N) is 1. The number of likely N-dealkylation sites (N-methyl/N-ethyl adjacent to an activating group) is 1. The summed E-state index contributed by atoms with van der Waals surface area (Å²) >= 11 is 10.7. The average molecular weight is 259 g/mol. The molecule has 4 nitrogen and oxygen atoms in total. The minimum Gasteiger partial charge on any atom is -0.482 e. The van der Waals surface area contributed by atoms with E-state index >= 15 is 0 Å². The number of halogens is 1. The fourth-order valence-corrected chi connectivity index (χ4v) is 1.35. The monoisotopic (exact) mass is 258 g/mol. The van der Waals surface area contributed by atoms with Gasteiger partial charge < -0.3 is 15.8 Å². The topological polar surface area (TPSA) is 64.3 Å². The number of amides is 1. The number of hydrogen-bond acceptors (Lipinski definition) is 3. The van der Waals surface area contributed by atoms with Crippen molar-refractivity contribution in [2.45, 2.75) is 0 Å². The van der Waals surface area contributed by atoms with E-state index in [1.165, 1.54) is 7.05 Å². The van der Waals surface area contributed by atoms with Crippen LogP contribution in [0.1, 0.15) is 5.56 Å². The number of hydrogen-bond donors (Lipinski definition) is 2. The molecule has 6 heteroatoms. The lowest BCUT2D eigenvalue weighted by atomic mass is 10.2. The van der Waals surface area contributed by atoms with Crippen LogP contribution >= 0.6 is 23.8 Å². The highest BCUT2D eigenvalue weighted by molar-refractivity contribution is 7.80. The molecule has 0 saturated carbocycles. The fraction of sp³-hybridized carbons (Fsp3) is 0.200. The molecular weight excluding hydrogens is 248 g/mol. The minimum absolute atomic E-state index is 0.0807. The molecule has 1 amide bonds. The fourth-order valence-electron chi connectivity index (χ4n) is 0.987. The van der Waals surface area contributed by atoms with Crippen LogP contribution in [0.2, 0.25) is 5.02 Å². The van der Waals surface area contributed by atoms with Gasteiger partial charge in [0.1, 0.15) is 10.7 Å². The SMILES string of the molecule is CNC(=O)COc1ccc(C(N)=S)cc1Cl. The molecular formula is C10H11ClN2O2S. The van der Waals surface area contributed by atoms with Crippen molar-refractivity contribution in [2.24, 2.45) is 5.73 Å². The van der Waals surface area contributed by atoms with Gasteiger partial charge in [0.25, 0.3) is 5.91 Å². The van der Waals surface area contributed by atoms with Gasteiger partial charge in [-0.1, -0.05) is 23.8 Å². The third-order valence-electron chi connectivity index (χ3n) is 1.85.